The Morgan fingerprint density at radius 3 is 2.61 bits per heavy atom. The lowest BCUT2D eigenvalue weighted by molar-refractivity contribution is 0.0946. The Morgan fingerprint density at radius 2 is 1.81 bits per heavy atom. The number of hydrogen-bond acceptors (Lipinski definition) is 6. The maximum absolute atomic E-state index is 12.3. The third-order valence-corrected chi connectivity index (χ3v) is 6.30. The van der Waals surface area contributed by atoms with Crippen LogP contribution in [0.4, 0.5) is 0 Å². The maximum Gasteiger partial charge on any atom is 0.270 e. The predicted octanol–water partition coefficient (Wildman–Crippen LogP) is 4.62. The lowest BCUT2D eigenvalue weighted by atomic mass is 10.1. The fourth-order valence-electron chi connectivity index (χ4n) is 3.48. The maximum atomic E-state index is 12.3. The van der Waals surface area contributed by atoms with Crippen LogP contribution in [0.15, 0.2) is 47.8 Å². The smallest absolute Gasteiger partial charge is 0.270 e. The highest BCUT2D eigenvalue weighted by Crippen LogP contribution is 2.33. The number of ether oxygens (including phenoxy) is 2. The Kier molecular flexibility index (Phi) is 5.80. The van der Waals surface area contributed by atoms with Gasteiger partial charge in [0.2, 0.25) is 6.79 Å². The van der Waals surface area contributed by atoms with Gasteiger partial charge in [-0.25, -0.2) is 4.98 Å². The van der Waals surface area contributed by atoms with Crippen molar-refractivity contribution in [2.75, 3.05) is 6.79 Å². The molecule has 1 N–H and O–H groups in total. The molecule has 1 saturated carbocycles. The first-order valence-corrected chi connectivity index (χ1v) is 11.5. The zero-order valence-electron chi connectivity index (χ0n) is 16.8. The third kappa shape index (κ3) is 5.18. The highest BCUT2D eigenvalue weighted by Gasteiger charge is 2.25. The van der Waals surface area contributed by atoms with Crippen LogP contribution < -0.4 is 14.8 Å². The van der Waals surface area contributed by atoms with Gasteiger partial charge in [-0.15, -0.1) is 11.3 Å². The minimum atomic E-state index is -0.0787. The van der Waals surface area contributed by atoms with Crippen molar-refractivity contribution in [3.8, 4) is 11.5 Å². The van der Waals surface area contributed by atoms with Crippen molar-refractivity contribution in [2.45, 2.75) is 38.5 Å². The zero-order chi connectivity index (χ0) is 21.2. The number of fused-ring (bicyclic) bond motifs is 1. The van der Waals surface area contributed by atoms with Gasteiger partial charge in [-0.05, 0) is 48.2 Å². The van der Waals surface area contributed by atoms with Gasteiger partial charge in [0.05, 0.1) is 6.54 Å². The van der Waals surface area contributed by atoms with Gasteiger partial charge in [0.1, 0.15) is 10.7 Å². The van der Waals surface area contributed by atoms with E-state index >= 15 is 0 Å². The number of nitrogens with one attached hydrogen (secondary N) is 1. The van der Waals surface area contributed by atoms with Crippen LogP contribution in [-0.4, -0.2) is 28.6 Å². The van der Waals surface area contributed by atoms with Crippen LogP contribution in [0.1, 0.15) is 39.5 Å². The first-order valence-electron chi connectivity index (χ1n) is 10.2. The lowest BCUT2D eigenvalue weighted by Gasteiger charge is -2.22. The number of rotatable bonds is 8. The molecule has 160 valence electrons. The minimum Gasteiger partial charge on any atom is -0.454 e. The van der Waals surface area contributed by atoms with Crippen LogP contribution in [0.5, 0.6) is 11.5 Å². The molecule has 1 aliphatic heterocycles. The highest BCUT2D eigenvalue weighted by molar-refractivity contribution is 7.09. The van der Waals surface area contributed by atoms with Crippen LogP contribution in [0.25, 0.3) is 0 Å². The average Bonchev–Trinajstić information content (AvgIpc) is 3.24. The predicted molar refractivity (Wildman–Crippen MR) is 120 cm³/mol. The van der Waals surface area contributed by atoms with Crippen molar-refractivity contribution < 1.29 is 14.3 Å². The minimum absolute atomic E-state index is 0.0787. The van der Waals surface area contributed by atoms with Crippen LogP contribution in [-0.2, 0) is 19.6 Å². The summed E-state index contributed by atoms with van der Waals surface area (Å²) in [5.74, 6) is 1.47. The fraction of sp³-hybridized carbons (Fsp3) is 0.304. The summed E-state index contributed by atoms with van der Waals surface area (Å²) in [5, 5.41) is 6.47. The van der Waals surface area contributed by atoms with E-state index in [1.807, 2.05) is 41.8 Å². The van der Waals surface area contributed by atoms with Crippen LogP contribution in [0, 0.1) is 0 Å². The molecular weight excluding hydrogens is 434 g/mol. The summed E-state index contributed by atoms with van der Waals surface area (Å²) < 4.78 is 11.0. The summed E-state index contributed by atoms with van der Waals surface area (Å²) in [7, 11) is 0. The monoisotopic (exact) mass is 455 g/mol. The van der Waals surface area contributed by atoms with E-state index in [0.29, 0.717) is 24.8 Å². The van der Waals surface area contributed by atoms with E-state index in [9.17, 15) is 4.79 Å². The molecule has 0 unspecified atom stereocenters. The Bertz CT molecular complexity index is 1080. The topological polar surface area (TPSA) is 63.7 Å². The molecule has 31 heavy (non-hydrogen) atoms. The normalized spacial score (nSPS) is 14.8. The van der Waals surface area contributed by atoms with Crippen LogP contribution in [0.3, 0.4) is 0 Å². The Morgan fingerprint density at radius 1 is 1.06 bits per heavy atom. The molecule has 0 bridgehead atoms. The molecule has 1 fully saturated rings. The summed E-state index contributed by atoms with van der Waals surface area (Å²) in [4.78, 5) is 19.2. The van der Waals surface area contributed by atoms with Gasteiger partial charge in [0.15, 0.2) is 11.5 Å². The molecule has 1 aromatic heterocycles. The van der Waals surface area contributed by atoms with Crippen molar-refractivity contribution in [1.82, 2.24) is 15.2 Å². The van der Waals surface area contributed by atoms with Gasteiger partial charge in [0.25, 0.3) is 5.91 Å². The van der Waals surface area contributed by atoms with Gasteiger partial charge in [0, 0.05) is 29.5 Å². The van der Waals surface area contributed by atoms with Crippen molar-refractivity contribution in [1.29, 1.82) is 0 Å². The molecule has 0 saturated heterocycles. The van der Waals surface area contributed by atoms with E-state index in [0.717, 1.165) is 52.0 Å². The number of amides is 1. The average molecular weight is 456 g/mol. The van der Waals surface area contributed by atoms with E-state index in [1.165, 1.54) is 11.3 Å². The summed E-state index contributed by atoms with van der Waals surface area (Å²) in [6.45, 7) is 2.34. The van der Waals surface area contributed by atoms with E-state index in [1.54, 1.807) is 0 Å². The van der Waals surface area contributed by atoms with Gasteiger partial charge in [-0.1, -0.05) is 29.8 Å². The van der Waals surface area contributed by atoms with Gasteiger partial charge >= 0.3 is 0 Å². The molecule has 0 spiro atoms. The molecule has 0 atom stereocenters. The lowest BCUT2D eigenvalue weighted by Crippen LogP contribution is -2.26. The molecule has 6 nitrogen and oxygen atoms in total. The third-order valence-electron chi connectivity index (χ3n) is 5.22. The second kappa shape index (κ2) is 8.86. The molecule has 1 aliphatic carbocycles. The molecule has 2 aliphatic rings. The number of aromatic nitrogens is 1. The summed E-state index contributed by atoms with van der Waals surface area (Å²) in [5.41, 5.74) is 2.79. The molecule has 3 aromatic rings. The Hall–Kier alpha value is -2.61. The number of benzene rings is 2. The number of hydrogen-bond donors (Lipinski definition) is 1. The van der Waals surface area contributed by atoms with Crippen molar-refractivity contribution in [3.63, 3.8) is 0 Å². The number of carbonyl (C=O) groups is 1. The number of nitrogens with zero attached hydrogens (tertiary/aromatic N) is 2. The number of carbonyl (C=O) groups excluding carboxylic acids is 1. The summed E-state index contributed by atoms with van der Waals surface area (Å²) in [6, 6.07) is 14.2. The van der Waals surface area contributed by atoms with E-state index in [2.05, 4.69) is 21.3 Å². The Labute approximate surface area is 189 Å². The Balaban J connectivity index is 1.32. The molecule has 1 amide bonds. The van der Waals surface area contributed by atoms with E-state index in [-0.39, 0.29) is 12.7 Å². The number of halogens is 1. The van der Waals surface area contributed by atoms with Gasteiger partial charge in [-0.2, -0.15) is 0 Å². The van der Waals surface area contributed by atoms with Gasteiger partial charge < -0.3 is 14.8 Å². The molecule has 2 aromatic carbocycles. The molecule has 0 radical (unpaired) electrons. The van der Waals surface area contributed by atoms with Crippen molar-refractivity contribution in [2.24, 2.45) is 0 Å². The highest BCUT2D eigenvalue weighted by atomic mass is 35.5. The second-order valence-corrected chi connectivity index (χ2v) is 9.21. The summed E-state index contributed by atoms with van der Waals surface area (Å²) >= 11 is 7.57. The quantitative estimate of drug-likeness (QED) is 0.537. The van der Waals surface area contributed by atoms with E-state index < -0.39 is 0 Å². The molecular formula is C23H22ClN3O3S. The van der Waals surface area contributed by atoms with Crippen molar-refractivity contribution >= 4 is 28.8 Å². The van der Waals surface area contributed by atoms with E-state index in [4.69, 9.17) is 21.1 Å². The first kappa shape index (κ1) is 20.3. The SMILES string of the molecule is O=C(NC1CC1)c1csc(CN(Cc2ccc(Cl)cc2)Cc2ccc3c(c2)OCO3)n1. The standard InChI is InChI=1S/C23H22ClN3O3S/c24-17-4-1-15(2-5-17)10-27(11-16-3-8-20-21(9-16)30-14-29-20)12-22-26-19(13-31-22)23(28)25-18-6-7-18/h1-5,8-9,13,18H,6-7,10-12,14H2,(H,25,28). The molecule has 8 heteroatoms. The number of thiazole rings is 1. The van der Waals surface area contributed by atoms with Crippen molar-refractivity contribution in [3.05, 3.63) is 74.7 Å². The van der Waals surface area contributed by atoms with Gasteiger partial charge in [-0.3, -0.25) is 9.69 Å². The first-order chi connectivity index (χ1) is 15.1. The zero-order valence-corrected chi connectivity index (χ0v) is 18.4. The fourth-order valence-corrected chi connectivity index (χ4v) is 4.42. The van der Waals surface area contributed by atoms with Crippen LogP contribution >= 0.6 is 22.9 Å². The second-order valence-electron chi connectivity index (χ2n) is 7.83. The largest absolute Gasteiger partial charge is 0.454 e. The van der Waals surface area contributed by atoms with Crippen LogP contribution in [0.2, 0.25) is 5.02 Å². The molecule has 2 heterocycles. The summed E-state index contributed by atoms with van der Waals surface area (Å²) in [6.07, 6.45) is 2.13. The molecule has 5 rings (SSSR count).